The summed E-state index contributed by atoms with van der Waals surface area (Å²) in [5, 5.41) is 6.12. The Kier molecular flexibility index (Phi) is 3.58. The first-order chi connectivity index (χ1) is 10.3. The van der Waals surface area contributed by atoms with E-state index in [9.17, 15) is 18.0 Å². The monoisotopic (exact) mass is 314 g/mol. The lowest BCUT2D eigenvalue weighted by Gasteiger charge is -2.29. The molecule has 8 heteroatoms. The van der Waals surface area contributed by atoms with Crippen LogP contribution in [0.15, 0.2) is 6.07 Å². The van der Waals surface area contributed by atoms with Gasteiger partial charge >= 0.3 is 6.18 Å². The molecule has 1 aliphatic carbocycles. The predicted octanol–water partition coefficient (Wildman–Crippen LogP) is 1.68. The average Bonchev–Trinajstić information content (AvgIpc) is 2.96. The minimum atomic E-state index is -4.59. The fourth-order valence-electron chi connectivity index (χ4n) is 3.45. The smallest absolute Gasteiger partial charge is 0.342 e. The van der Waals surface area contributed by atoms with Gasteiger partial charge in [0.25, 0.3) is 5.91 Å². The van der Waals surface area contributed by atoms with Gasteiger partial charge in [-0.25, -0.2) is 9.97 Å². The van der Waals surface area contributed by atoms with E-state index in [-0.39, 0.29) is 11.2 Å². The number of hydrogen-bond acceptors (Lipinski definition) is 4. The Balaban J connectivity index is 1.85. The number of halogens is 3. The molecule has 5 nitrogen and oxygen atoms in total. The van der Waals surface area contributed by atoms with Crippen LogP contribution in [0.4, 0.5) is 13.2 Å². The maximum atomic E-state index is 12.8. The molecule has 0 radical (unpaired) electrons. The largest absolute Gasteiger partial charge is 0.433 e. The summed E-state index contributed by atoms with van der Waals surface area (Å²) >= 11 is 0. The molecule has 1 saturated heterocycles. The number of amides is 1. The molecule has 1 saturated carbocycles. The molecule has 120 valence electrons. The molecule has 1 aliphatic heterocycles. The topological polar surface area (TPSA) is 66.9 Å². The van der Waals surface area contributed by atoms with Gasteiger partial charge in [0.15, 0.2) is 0 Å². The summed E-state index contributed by atoms with van der Waals surface area (Å²) in [7, 11) is 0. The molecular formula is C14H17F3N4O. The number of aryl methyl sites for hydroxylation is 1. The van der Waals surface area contributed by atoms with Crippen LogP contribution in [-0.4, -0.2) is 34.5 Å². The molecule has 2 heterocycles. The SMILES string of the molecule is Cc1cc(C(F)(F)F)nc(C(=O)N[C@]23CCC[C@H]2CNC3)n1. The zero-order valence-electron chi connectivity index (χ0n) is 12.1. The molecule has 0 bridgehead atoms. The number of alkyl halides is 3. The van der Waals surface area contributed by atoms with Crippen molar-refractivity contribution in [3.63, 3.8) is 0 Å². The van der Waals surface area contributed by atoms with Crippen LogP contribution in [0.3, 0.4) is 0 Å². The van der Waals surface area contributed by atoms with E-state index in [0.717, 1.165) is 31.9 Å². The number of hydrogen-bond donors (Lipinski definition) is 2. The maximum absolute atomic E-state index is 12.8. The molecule has 3 rings (SSSR count). The van der Waals surface area contributed by atoms with Gasteiger partial charge < -0.3 is 10.6 Å². The van der Waals surface area contributed by atoms with E-state index in [0.29, 0.717) is 12.5 Å². The van der Waals surface area contributed by atoms with E-state index in [1.54, 1.807) is 0 Å². The number of carbonyl (C=O) groups is 1. The van der Waals surface area contributed by atoms with Crippen LogP contribution in [0.1, 0.15) is 41.3 Å². The second kappa shape index (κ2) is 5.19. The first-order valence-corrected chi connectivity index (χ1v) is 7.26. The fourth-order valence-corrected chi connectivity index (χ4v) is 3.45. The third-order valence-electron chi connectivity index (χ3n) is 4.50. The summed E-state index contributed by atoms with van der Waals surface area (Å²) < 4.78 is 38.4. The van der Waals surface area contributed by atoms with Gasteiger partial charge in [-0.1, -0.05) is 6.42 Å². The predicted molar refractivity (Wildman–Crippen MR) is 72.2 cm³/mol. The first-order valence-electron chi connectivity index (χ1n) is 7.26. The highest BCUT2D eigenvalue weighted by Crippen LogP contribution is 2.38. The van der Waals surface area contributed by atoms with Crippen molar-refractivity contribution in [2.45, 2.75) is 37.9 Å². The number of aromatic nitrogens is 2. The van der Waals surface area contributed by atoms with Gasteiger partial charge in [-0.15, -0.1) is 0 Å². The Morgan fingerprint density at radius 2 is 2.23 bits per heavy atom. The highest BCUT2D eigenvalue weighted by molar-refractivity contribution is 5.91. The standard InChI is InChI=1S/C14H17F3N4O/c1-8-5-10(14(15,16)17)20-11(19-8)12(22)21-13-4-2-3-9(13)6-18-7-13/h5,9,18H,2-4,6-7H2,1H3,(H,21,22)/t9-,13-/m0/s1. The second-order valence-corrected chi connectivity index (χ2v) is 6.05. The zero-order chi connectivity index (χ0) is 16.0. The Morgan fingerprint density at radius 1 is 1.45 bits per heavy atom. The quantitative estimate of drug-likeness (QED) is 0.871. The minimum absolute atomic E-state index is 0.123. The lowest BCUT2D eigenvalue weighted by atomic mass is 9.90. The van der Waals surface area contributed by atoms with Gasteiger partial charge in [0.1, 0.15) is 5.69 Å². The number of fused-ring (bicyclic) bond motifs is 1. The van der Waals surface area contributed by atoms with Gasteiger partial charge in [0.2, 0.25) is 5.82 Å². The van der Waals surface area contributed by atoms with Crippen molar-refractivity contribution in [3.05, 3.63) is 23.3 Å². The normalized spacial score (nSPS) is 27.7. The maximum Gasteiger partial charge on any atom is 0.433 e. The first kappa shape index (κ1) is 15.2. The van der Waals surface area contributed by atoms with Crippen molar-refractivity contribution in [2.75, 3.05) is 13.1 Å². The number of rotatable bonds is 2. The molecule has 1 aromatic rings. The van der Waals surface area contributed by atoms with Crippen LogP contribution in [0.2, 0.25) is 0 Å². The second-order valence-electron chi connectivity index (χ2n) is 6.05. The molecule has 1 amide bonds. The molecule has 0 aromatic carbocycles. The van der Waals surface area contributed by atoms with Crippen molar-refractivity contribution < 1.29 is 18.0 Å². The van der Waals surface area contributed by atoms with E-state index >= 15 is 0 Å². The summed E-state index contributed by atoms with van der Waals surface area (Å²) in [4.78, 5) is 19.6. The van der Waals surface area contributed by atoms with E-state index in [1.807, 2.05) is 0 Å². The number of carbonyl (C=O) groups excluding carboxylic acids is 1. The van der Waals surface area contributed by atoms with Crippen molar-refractivity contribution >= 4 is 5.91 Å². The molecule has 2 fully saturated rings. The molecule has 2 N–H and O–H groups in total. The Morgan fingerprint density at radius 3 is 2.95 bits per heavy atom. The van der Waals surface area contributed by atoms with Crippen molar-refractivity contribution in [1.29, 1.82) is 0 Å². The summed E-state index contributed by atoms with van der Waals surface area (Å²) in [6.45, 7) is 2.88. The van der Waals surface area contributed by atoms with Crippen molar-refractivity contribution in [3.8, 4) is 0 Å². The van der Waals surface area contributed by atoms with Crippen molar-refractivity contribution in [1.82, 2.24) is 20.6 Å². The van der Waals surface area contributed by atoms with Gasteiger partial charge in [-0.05, 0) is 31.7 Å². The zero-order valence-corrected chi connectivity index (χ0v) is 12.1. The Labute approximate surface area is 125 Å². The van der Waals surface area contributed by atoms with Crippen LogP contribution in [0.25, 0.3) is 0 Å². The molecule has 1 aromatic heterocycles. The van der Waals surface area contributed by atoms with Crippen molar-refractivity contribution in [2.24, 2.45) is 5.92 Å². The molecular weight excluding hydrogens is 297 g/mol. The fraction of sp³-hybridized carbons (Fsp3) is 0.643. The summed E-state index contributed by atoms with van der Waals surface area (Å²) in [6.07, 6.45) is -1.75. The van der Waals surface area contributed by atoms with Gasteiger partial charge in [0.05, 0.1) is 5.54 Å². The molecule has 2 aliphatic rings. The summed E-state index contributed by atoms with van der Waals surface area (Å²) in [5.41, 5.74) is -1.34. The van der Waals surface area contributed by atoms with Gasteiger partial charge in [0, 0.05) is 18.8 Å². The van der Waals surface area contributed by atoms with Crippen LogP contribution in [0, 0.1) is 12.8 Å². The Bertz CT molecular complexity index is 592. The third-order valence-corrected chi connectivity index (χ3v) is 4.50. The van der Waals surface area contributed by atoms with E-state index in [4.69, 9.17) is 0 Å². The third kappa shape index (κ3) is 2.67. The van der Waals surface area contributed by atoms with Crippen LogP contribution < -0.4 is 10.6 Å². The Hall–Kier alpha value is -1.70. The lowest BCUT2D eigenvalue weighted by molar-refractivity contribution is -0.141. The lowest BCUT2D eigenvalue weighted by Crippen LogP contribution is -2.52. The van der Waals surface area contributed by atoms with E-state index in [1.165, 1.54) is 6.92 Å². The van der Waals surface area contributed by atoms with E-state index in [2.05, 4.69) is 20.6 Å². The van der Waals surface area contributed by atoms with Gasteiger partial charge in [-0.3, -0.25) is 4.79 Å². The minimum Gasteiger partial charge on any atom is -0.342 e. The molecule has 0 spiro atoms. The highest BCUT2D eigenvalue weighted by atomic mass is 19.4. The molecule has 22 heavy (non-hydrogen) atoms. The molecule has 0 unspecified atom stereocenters. The van der Waals surface area contributed by atoms with Crippen LogP contribution in [0.5, 0.6) is 0 Å². The number of nitrogens with one attached hydrogen (secondary N) is 2. The van der Waals surface area contributed by atoms with Gasteiger partial charge in [-0.2, -0.15) is 13.2 Å². The summed E-state index contributed by atoms with van der Waals surface area (Å²) in [5.74, 6) is -0.729. The van der Waals surface area contributed by atoms with E-state index < -0.39 is 23.6 Å². The molecule has 2 atom stereocenters. The average molecular weight is 314 g/mol. The summed E-state index contributed by atoms with van der Waals surface area (Å²) in [6, 6.07) is 0.838. The van der Waals surface area contributed by atoms with Crippen LogP contribution in [-0.2, 0) is 6.18 Å². The highest BCUT2D eigenvalue weighted by Gasteiger charge is 2.47. The van der Waals surface area contributed by atoms with Crippen LogP contribution >= 0.6 is 0 Å². The number of nitrogens with zero attached hydrogens (tertiary/aromatic N) is 2.